The number of ketones is 1. The molecule has 5 rings (SSSR count). The average Bonchev–Trinajstić information content (AvgIpc) is 3.46. The van der Waals surface area contributed by atoms with E-state index >= 15 is 0 Å². The van der Waals surface area contributed by atoms with Gasteiger partial charge in [-0.05, 0) is 93.8 Å². The summed E-state index contributed by atoms with van der Waals surface area (Å²) in [5.41, 5.74) is -0.795. The van der Waals surface area contributed by atoms with Crippen LogP contribution in [0.15, 0.2) is 25.3 Å². The Labute approximate surface area is 284 Å². The number of nitrogens with one attached hydrogen (secondary N) is 4. The van der Waals surface area contributed by atoms with Crippen LogP contribution in [-0.2, 0) is 19.2 Å². The van der Waals surface area contributed by atoms with Gasteiger partial charge in [0.15, 0.2) is 0 Å². The number of amides is 5. The van der Waals surface area contributed by atoms with Gasteiger partial charge < -0.3 is 26.2 Å². The van der Waals surface area contributed by atoms with Gasteiger partial charge in [-0.25, -0.2) is 4.79 Å². The van der Waals surface area contributed by atoms with Crippen LogP contribution < -0.4 is 21.3 Å². The number of allylic oxidation sites excluding steroid dienone is 1. The van der Waals surface area contributed by atoms with Crippen molar-refractivity contribution in [1.82, 2.24) is 26.2 Å². The second-order valence-electron chi connectivity index (χ2n) is 14.5. The lowest BCUT2D eigenvalue weighted by Crippen LogP contribution is -2.65. The lowest BCUT2D eigenvalue weighted by molar-refractivity contribution is -0.143. The number of urea groups is 1. The van der Waals surface area contributed by atoms with E-state index in [2.05, 4.69) is 34.4 Å². The van der Waals surface area contributed by atoms with Crippen LogP contribution in [0.4, 0.5) is 4.79 Å². The maximum Gasteiger partial charge on any atom is 0.315 e. The van der Waals surface area contributed by atoms with E-state index in [4.69, 9.17) is 23.2 Å². The summed E-state index contributed by atoms with van der Waals surface area (Å²) in [6, 6.07) is -3.00. The van der Waals surface area contributed by atoms with Crippen molar-refractivity contribution in [3.8, 4) is 0 Å². The molecule has 10 nitrogen and oxygen atoms in total. The molecule has 4 bridgehead atoms. The molecular weight excluding hydrogens is 629 g/mol. The molecule has 12 heteroatoms. The molecule has 46 heavy (non-hydrogen) atoms. The van der Waals surface area contributed by atoms with Crippen molar-refractivity contribution in [3.05, 3.63) is 25.3 Å². The van der Waals surface area contributed by atoms with Crippen molar-refractivity contribution < 1.29 is 24.0 Å². The minimum absolute atomic E-state index is 0.189. The number of rotatable bonds is 13. The van der Waals surface area contributed by atoms with Crippen LogP contribution in [0.25, 0.3) is 0 Å². The fourth-order valence-electron chi connectivity index (χ4n) is 8.14. The lowest BCUT2D eigenvalue weighted by atomic mass is 9.53. The number of nitrogens with zero attached hydrogens (tertiary/aromatic N) is 1. The summed E-state index contributed by atoms with van der Waals surface area (Å²) in [7, 11) is 0. The Bertz CT molecular complexity index is 1100. The van der Waals surface area contributed by atoms with Crippen LogP contribution >= 0.6 is 23.2 Å². The predicted molar refractivity (Wildman–Crippen MR) is 181 cm³/mol. The Morgan fingerprint density at radius 1 is 0.935 bits per heavy atom. The van der Waals surface area contributed by atoms with E-state index in [9.17, 15) is 24.0 Å². The van der Waals surface area contributed by atoms with E-state index in [1.807, 2.05) is 20.8 Å². The van der Waals surface area contributed by atoms with Crippen LogP contribution in [0, 0.1) is 23.2 Å². The summed E-state index contributed by atoms with van der Waals surface area (Å²) in [6.45, 7) is 13.6. The zero-order valence-corrected chi connectivity index (χ0v) is 29.2. The summed E-state index contributed by atoms with van der Waals surface area (Å²) in [4.78, 5) is 67.8. The molecule has 4 saturated carbocycles. The van der Waals surface area contributed by atoms with Gasteiger partial charge in [-0.1, -0.05) is 32.9 Å². The molecule has 0 spiro atoms. The third kappa shape index (κ3) is 9.96. The summed E-state index contributed by atoms with van der Waals surface area (Å²) in [5, 5.41) is 11.8. The zero-order chi connectivity index (χ0) is 34.1. The molecule has 3 atom stereocenters. The Morgan fingerprint density at radius 3 is 2.02 bits per heavy atom. The van der Waals surface area contributed by atoms with Gasteiger partial charge >= 0.3 is 6.03 Å². The molecule has 4 aliphatic carbocycles. The van der Waals surface area contributed by atoms with Crippen molar-refractivity contribution in [3.63, 3.8) is 0 Å². The van der Waals surface area contributed by atoms with E-state index in [1.165, 1.54) is 24.2 Å². The minimum atomic E-state index is -1.03. The molecule has 1 saturated heterocycles. The van der Waals surface area contributed by atoms with Crippen LogP contribution in [0.5, 0.6) is 0 Å². The first-order valence-electron chi connectivity index (χ1n) is 16.6. The maximum atomic E-state index is 14.0. The Kier molecular flexibility index (Phi) is 14.0. The molecule has 0 radical (unpaired) electrons. The van der Waals surface area contributed by atoms with E-state index in [1.54, 1.807) is 12.2 Å². The zero-order valence-electron chi connectivity index (χ0n) is 27.7. The third-order valence-electron chi connectivity index (χ3n) is 9.79. The van der Waals surface area contributed by atoms with E-state index in [-0.39, 0.29) is 35.8 Å². The first-order valence-corrected chi connectivity index (χ1v) is 17.7. The molecular formula is C34H53Cl2N5O5. The summed E-state index contributed by atoms with van der Waals surface area (Å²) < 4.78 is 0. The number of hydrogen-bond donors (Lipinski definition) is 4. The number of Topliss-reactive ketones (excluding diaryl/α,β-unsaturated/α-hetero) is 1. The smallest absolute Gasteiger partial charge is 0.315 e. The van der Waals surface area contributed by atoms with Gasteiger partial charge in [0, 0.05) is 18.6 Å². The molecule has 0 aromatic rings. The number of hydrogen-bond acceptors (Lipinski definition) is 5. The molecule has 4 N–H and O–H groups in total. The highest BCUT2D eigenvalue weighted by Crippen LogP contribution is 2.55. The van der Waals surface area contributed by atoms with Gasteiger partial charge in [0.2, 0.25) is 17.6 Å². The van der Waals surface area contributed by atoms with Crippen molar-refractivity contribution >= 4 is 52.7 Å². The molecule has 1 heterocycles. The monoisotopic (exact) mass is 681 g/mol. The van der Waals surface area contributed by atoms with Crippen LogP contribution in [0.2, 0.25) is 0 Å². The quantitative estimate of drug-likeness (QED) is 0.0959. The topological polar surface area (TPSA) is 137 Å². The fourth-order valence-corrected chi connectivity index (χ4v) is 8.14. The molecule has 5 fully saturated rings. The number of halogens is 2. The molecule has 5 aliphatic rings. The van der Waals surface area contributed by atoms with Gasteiger partial charge in [0.25, 0.3) is 5.91 Å². The average molecular weight is 683 g/mol. The summed E-state index contributed by atoms with van der Waals surface area (Å²) in [5.74, 6) is -0.259. The first kappa shape index (κ1) is 37.9. The number of alkyl halides is 2. The van der Waals surface area contributed by atoms with Gasteiger partial charge in [0.1, 0.15) is 12.1 Å². The predicted octanol–water partition coefficient (Wildman–Crippen LogP) is 4.79. The normalized spacial score (nSPS) is 27.4. The summed E-state index contributed by atoms with van der Waals surface area (Å²) >= 11 is 9.53. The highest BCUT2D eigenvalue weighted by Gasteiger charge is 2.52. The third-order valence-corrected chi connectivity index (χ3v) is 9.79. The van der Waals surface area contributed by atoms with Crippen LogP contribution in [0.3, 0.4) is 0 Å². The van der Waals surface area contributed by atoms with E-state index in [0.717, 1.165) is 19.3 Å². The van der Waals surface area contributed by atoms with Crippen molar-refractivity contribution in [1.29, 1.82) is 0 Å². The van der Waals surface area contributed by atoms with Gasteiger partial charge in [-0.15, -0.1) is 36.4 Å². The summed E-state index contributed by atoms with van der Waals surface area (Å²) in [6.07, 6.45) is 12.3. The minimum Gasteiger partial charge on any atom is -0.349 e. The standard InChI is InChI=1S/C33H51N5O5.CH2Cl2/c1-6-8-11-24(26(39)29(41)34-13-9-7-2)35-28(40)25-12-10-14-38(25)30(42)27(32(3,4)5)36-31(43)37-33-18-21-15-22(19-33)17-23(16-21)20-33;2-1-3/h6-7,21-25,27H,1-2,8-20H2,3-5H3,(H,34,41)(H,35,40)(H2,36,37,43);1H2/t21?,22?,23?,24?,25-,27?,33?;/m0./s1. The SMILES string of the molecule is C=CCCNC(=O)C(=O)C(CCC=C)NC(=O)[C@@H]1CCCN1C(=O)C(NC(=O)NC12CC3CC(CC(C3)C1)C2)C(C)(C)C.ClCCl. The van der Waals surface area contributed by atoms with E-state index < -0.39 is 41.1 Å². The van der Waals surface area contributed by atoms with Crippen LogP contribution in [0.1, 0.15) is 91.4 Å². The molecule has 0 aromatic carbocycles. The lowest BCUT2D eigenvalue weighted by Gasteiger charge is -2.56. The Balaban J connectivity index is 0.00000185. The molecule has 5 amide bonds. The molecule has 258 valence electrons. The molecule has 1 aliphatic heterocycles. The van der Waals surface area contributed by atoms with Crippen molar-refractivity contribution in [2.45, 2.75) is 115 Å². The first-order chi connectivity index (χ1) is 21.8. The highest BCUT2D eigenvalue weighted by molar-refractivity contribution is 6.40. The van der Waals surface area contributed by atoms with Gasteiger partial charge in [0.05, 0.1) is 11.4 Å². The highest BCUT2D eigenvalue weighted by atomic mass is 35.5. The fraction of sp³-hybridized carbons (Fsp3) is 0.735. The van der Waals surface area contributed by atoms with Crippen molar-refractivity contribution in [2.75, 3.05) is 18.4 Å². The maximum absolute atomic E-state index is 14.0. The second kappa shape index (κ2) is 17.0. The number of likely N-dealkylation sites (tertiary alicyclic amines) is 1. The molecule has 0 aromatic heterocycles. The second-order valence-corrected chi connectivity index (χ2v) is 15.3. The van der Waals surface area contributed by atoms with E-state index in [0.29, 0.717) is 50.0 Å². The van der Waals surface area contributed by atoms with Crippen molar-refractivity contribution in [2.24, 2.45) is 23.2 Å². The Morgan fingerprint density at radius 2 is 1.50 bits per heavy atom. The number of carbonyl (C=O) groups is 5. The van der Waals surface area contributed by atoms with Crippen LogP contribution in [-0.4, -0.2) is 76.5 Å². The number of carbonyl (C=O) groups excluding carboxylic acids is 5. The Hall–Kier alpha value is -2.59. The van der Waals surface area contributed by atoms with Gasteiger partial charge in [-0.2, -0.15) is 0 Å². The molecule has 2 unspecified atom stereocenters. The van der Waals surface area contributed by atoms with Gasteiger partial charge in [-0.3, -0.25) is 19.2 Å². The largest absolute Gasteiger partial charge is 0.349 e.